The second-order valence-electron chi connectivity index (χ2n) is 6.77. The Morgan fingerprint density at radius 3 is 2.63 bits per heavy atom. The minimum Gasteiger partial charge on any atom is -0.495 e. The van der Waals surface area contributed by atoms with Crippen molar-refractivity contribution in [2.45, 2.75) is 6.42 Å². The molecule has 1 saturated heterocycles. The molecule has 1 aliphatic rings. The van der Waals surface area contributed by atoms with Crippen LogP contribution in [0.2, 0.25) is 0 Å². The average molecular weight is 366 g/mol. The van der Waals surface area contributed by atoms with E-state index in [0.29, 0.717) is 6.01 Å². The van der Waals surface area contributed by atoms with Crippen molar-refractivity contribution < 1.29 is 9.15 Å². The molecular formula is C21H26N4O2. The van der Waals surface area contributed by atoms with Crippen molar-refractivity contribution >= 4 is 22.8 Å². The summed E-state index contributed by atoms with van der Waals surface area (Å²) in [6.07, 6.45) is 1.06. The Hall–Kier alpha value is -2.73. The monoisotopic (exact) mass is 366 g/mol. The molecule has 6 nitrogen and oxygen atoms in total. The number of aromatic nitrogens is 1. The molecule has 0 amide bonds. The highest BCUT2D eigenvalue weighted by Crippen LogP contribution is 2.28. The largest absolute Gasteiger partial charge is 0.495 e. The maximum absolute atomic E-state index is 5.69. The summed E-state index contributed by atoms with van der Waals surface area (Å²) in [5.74, 6) is 0.952. The lowest BCUT2D eigenvalue weighted by Gasteiger charge is -2.36. The predicted molar refractivity (Wildman–Crippen MR) is 109 cm³/mol. The molecule has 0 spiro atoms. The molecule has 4 rings (SSSR count). The number of oxazole rings is 1. The molecule has 1 fully saturated rings. The predicted octanol–water partition coefficient (Wildman–Crippen LogP) is 3.46. The highest BCUT2D eigenvalue weighted by Gasteiger charge is 2.19. The van der Waals surface area contributed by atoms with Crippen LogP contribution in [0.25, 0.3) is 11.1 Å². The van der Waals surface area contributed by atoms with Crippen molar-refractivity contribution in [3.63, 3.8) is 0 Å². The van der Waals surface area contributed by atoms with Crippen LogP contribution < -0.4 is 15.0 Å². The summed E-state index contributed by atoms with van der Waals surface area (Å²) in [5.41, 5.74) is 2.91. The summed E-state index contributed by atoms with van der Waals surface area (Å²) >= 11 is 0. The van der Waals surface area contributed by atoms with Gasteiger partial charge < -0.3 is 19.4 Å². The molecule has 1 N–H and O–H groups in total. The number of anilines is 2. The number of nitrogens with zero attached hydrogens (tertiary/aromatic N) is 3. The number of rotatable bonds is 7. The number of ether oxygens (including phenoxy) is 1. The van der Waals surface area contributed by atoms with Crippen LogP contribution in [-0.2, 0) is 0 Å². The first-order chi connectivity index (χ1) is 13.3. The van der Waals surface area contributed by atoms with Gasteiger partial charge >= 0.3 is 0 Å². The van der Waals surface area contributed by atoms with Gasteiger partial charge in [-0.2, -0.15) is 4.98 Å². The second-order valence-corrected chi connectivity index (χ2v) is 6.77. The minimum atomic E-state index is 0.609. The maximum Gasteiger partial charge on any atom is 0.295 e. The number of hydrogen-bond donors (Lipinski definition) is 1. The van der Waals surface area contributed by atoms with Gasteiger partial charge in [0.05, 0.1) is 12.8 Å². The van der Waals surface area contributed by atoms with Gasteiger partial charge in [-0.05, 0) is 37.2 Å². The molecule has 2 aromatic carbocycles. The van der Waals surface area contributed by atoms with E-state index in [0.717, 1.165) is 62.5 Å². The summed E-state index contributed by atoms with van der Waals surface area (Å²) in [7, 11) is 1.74. The van der Waals surface area contributed by atoms with E-state index >= 15 is 0 Å². The van der Waals surface area contributed by atoms with Crippen LogP contribution in [0.5, 0.6) is 5.75 Å². The summed E-state index contributed by atoms with van der Waals surface area (Å²) in [5, 5.41) is 3.29. The Morgan fingerprint density at radius 1 is 1.04 bits per heavy atom. The molecule has 3 aromatic rings. The zero-order chi connectivity index (χ0) is 18.5. The number of hydrogen-bond acceptors (Lipinski definition) is 6. The quantitative estimate of drug-likeness (QED) is 0.646. The first kappa shape index (κ1) is 17.7. The first-order valence-electron chi connectivity index (χ1n) is 9.53. The number of methoxy groups -OCH3 is 1. The molecule has 1 aromatic heterocycles. The molecule has 142 valence electrons. The van der Waals surface area contributed by atoms with Crippen molar-refractivity contribution in [3.8, 4) is 5.75 Å². The Morgan fingerprint density at radius 2 is 1.81 bits per heavy atom. The molecule has 0 saturated carbocycles. The van der Waals surface area contributed by atoms with Gasteiger partial charge in [-0.1, -0.05) is 24.3 Å². The van der Waals surface area contributed by atoms with Gasteiger partial charge in [0.25, 0.3) is 6.01 Å². The average Bonchev–Trinajstić information content (AvgIpc) is 3.14. The van der Waals surface area contributed by atoms with Gasteiger partial charge in [0.2, 0.25) is 0 Å². The lowest BCUT2D eigenvalue weighted by Crippen LogP contribution is -2.46. The molecule has 2 heterocycles. The lowest BCUT2D eigenvalue weighted by molar-refractivity contribution is 0.256. The zero-order valence-electron chi connectivity index (χ0n) is 15.7. The number of nitrogens with one attached hydrogen (secondary N) is 1. The maximum atomic E-state index is 5.69. The van der Waals surface area contributed by atoms with Gasteiger partial charge in [-0.3, -0.25) is 4.90 Å². The molecule has 0 bridgehead atoms. The van der Waals surface area contributed by atoms with Gasteiger partial charge in [0.15, 0.2) is 5.58 Å². The van der Waals surface area contributed by atoms with E-state index in [1.54, 1.807) is 7.11 Å². The van der Waals surface area contributed by atoms with Crippen molar-refractivity contribution in [1.82, 2.24) is 9.88 Å². The van der Waals surface area contributed by atoms with Crippen LogP contribution in [0, 0.1) is 0 Å². The lowest BCUT2D eigenvalue weighted by atomic mass is 10.2. The van der Waals surface area contributed by atoms with Crippen LogP contribution in [0.4, 0.5) is 11.7 Å². The third kappa shape index (κ3) is 4.17. The van der Waals surface area contributed by atoms with E-state index in [1.807, 2.05) is 36.4 Å². The van der Waals surface area contributed by atoms with Crippen LogP contribution in [0.15, 0.2) is 52.9 Å². The normalized spacial score (nSPS) is 15.2. The smallest absolute Gasteiger partial charge is 0.295 e. The van der Waals surface area contributed by atoms with Crippen LogP contribution in [0.1, 0.15) is 6.42 Å². The number of para-hydroxylation sites is 4. The van der Waals surface area contributed by atoms with Gasteiger partial charge in [-0.15, -0.1) is 0 Å². The van der Waals surface area contributed by atoms with Gasteiger partial charge in [0.1, 0.15) is 11.3 Å². The summed E-state index contributed by atoms with van der Waals surface area (Å²) in [6.45, 7) is 6.13. The molecule has 0 radical (unpaired) electrons. The zero-order valence-corrected chi connectivity index (χ0v) is 15.7. The third-order valence-electron chi connectivity index (χ3n) is 5.02. The third-order valence-corrected chi connectivity index (χ3v) is 5.02. The molecule has 1 aliphatic heterocycles. The van der Waals surface area contributed by atoms with Gasteiger partial charge in [-0.25, -0.2) is 0 Å². The van der Waals surface area contributed by atoms with E-state index < -0.39 is 0 Å². The number of piperazine rings is 1. The second kappa shape index (κ2) is 8.31. The van der Waals surface area contributed by atoms with E-state index in [4.69, 9.17) is 9.15 Å². The van der Waals surface area contributed by atoms with Crippen molar-refractivity contribution in [3.05, 3.63) is 48.5 Å². The van der Waals surface area contributed by atoms with Crippen LogP contribution in [-0.4, -0.2) is 56.3 Å². The summed E-state index contributed by atoms with van der Waals surface area (Å²) in [4.78, 5) is 9.37. The number of benzene rings is 2. The van der Waals surface area contributed by atoms with Crippen molar-refractivity contribution in [2.75, 3.05) is 56.6 Å². The molecule has 27 heavy (non-hydrogen) atoms. The fraction of sp³-hybridized carbons (Fsp3) is 0.381. The van der Waals surface area contributed by atoms with Crippen LogP contribution >= 0.6 is 0 Å². The fourth-order valence-electron chi connectivity index (χ4n) is 3.55. The molecule has 6 heteroatoms. The highest BCUT2D eigenvalue weighted by atomic mass is 16.5. The topological polar surface area (TPSA) is 53.8 Å². The molecular weight excluding hydrogens is 340 g/mol. The molecule has 0 aliphatic carbocycles. The summed E-state index contributed by atoms with van der Waals surface area (Å²) in [6, 6.07) is 16.7. The Labute approximate surface area is 159 Å². The molecule has 0 unspecified atom stereocenters. The summed E-state index contributed by atoms with van der Waals surface area (Å²) < 4.78 is 11.2. The Bertz CT molecular complexity index is 838. The van der Waals surface area contributed by atoms with E-state index in [2.05, 4.69) is 32.2 Å². The van der Waals surface area contributed by atoms with Crippen LogP contribution in [0.3, 0.4) is 0 Å². The SMILES string of the molecule is COc1ccccc1N1CCN(CCCNc2nc3ccccc3o2)CC1. The van der Waals surface area contributed by atoms with Crippen molar-refractivity contribution in [2.24, 2.45) is 0 Å². The Balaban J connectivity index is 1.20. The van der Waals surface area contributed by atoms with E-state index in [-0.39, 0.29) is 0 Å². The van der Waals surface area contributed by atoms with Crippen molar-refractivity contribution in [1.29, 1.82) is 0 Å². The molecule has 0 atom stereocenters. The highest BCUT2D eigenvalue weighted by molar-refractivity contribution is 5.74. The fourth-order valence-corrected chi connectivity index (χ4v) is 3.55. The van der Waals surface area contributed by atoms with E-state index in [1.165, 1.54) is 5.69 Å². The van der Waals surface area contributed by atoms with E-state index in [9.17, 15) is 0 Å². The first-order valence-corrected chi connectivity index (χ1v) is 9.53. The Kier molecular flexibility index (Phi) is 5.44. The minimum absolute atomic E-state index is 0.609. The number of fused-ring (bicyclic) bond motifs is 1. The standard InChI is InChI=1S/C21H26N4O2/c1-26-20-10-5-3-8-18(20)25-15-13-24(14-16-25)12-6-11-22-21-23-17-7-2-4-9-19(17)27-21/h2-5,7-10H,6,11-16H2,1H3,(H,22,23). The van der Waals surface area contributed by atoms with Gasteiger partial charge in [0, 0.05) is 32.7 Å².